The van der Waals surface area contributed by atoms with Gasteiger partial charge in [0, 0.05) is 28.8 Å². The molecule has 0 bridgehead atoms. The summed E-state index contributed by atoms with van der Waals surface area (Å²) in [4.78, 5) is 16.4. The fourth-order valence-electron chi connectivity index (χ4n) is 3.76. The molecular weight excluding hydrogens is 600 g/mol. The molecule has 3 atom stereocenters. The molecule has 0 saturated heterocycles. The Bertz CT molecular complexity index is 779. The van der Waals surface area contributed by atoms with Gasteiger partial charge in [0.25, 0.3) is 0 Å². The molecule has 0 aliphatic heterocycles. The highest BCUT2D eigenvalue weighted by Crippen LogP contribution is 2.41. The van der Waals surface area contributed by atoms with E-state index in [1.54, 1.807) is 0 Å². The summed E-state index contributed by atoms with van der Waals surface area (Å²) < 4.78 is 2.73. The van der Waals surface area contributed by atoms with Crippen LogP contribution in [0.15, 0.2) is 52.8 Å². The zero-order chi connectivity index (χ0) is 22.5. The van der Waals surface area contributed by atoms with Crippen LogP contribution in [0.2, 0.25) is 0 Å². The molecule has 0 fully saturated rings. The van der Waals surface area contributed by atoms with Crippen LogP contribution in [0.1, 0.15) is 48.0 Å². The molecular formula is C24H35I2N3O. The normalized spacial score (nSPS) is 25.5. The van der Waals surface area contributed by atoms with Crippen LogP contribution in [0.4, 0.5) is 0 Å². The van der Waals surface area contributed by atoms with E-state index in [-0.39, 0.29) is 22.8 Å². The van der Waals surface area contributed by atoms with E-state index in [0.29, 0.717) is 12.5 Å². The first-order chi connectivity index (χ1) is 13.9. The SMILES string of the molecule is CC(C)(C)C1=CC(C(C)(C)C)C(N=O)C(C=NCCNCC2C=C(I)C=C(I)C2)=C1. The van der Waals surface area contributed by atoms with E-state index in [9.17, 15) is 4.91 Å². The second-order valence-electron chi connectivity index (χ2n) is 10.3. The maximum Gasteiger partial charge on any atom is 0.125 e. The van der Waals surface area contributed by atoms with Crippen molar-refractivity contribution in [1.82, 2.24) is 5.32 Å². The summed E-state index contributed by atoms with van der Waals surface area (Å²) in [6.07, 6.45) is 11.9. The van der Waals surface area contributed by atoms with Gasteiger partial charge in [0.1, 0.15) is 6.04 Å². The lowest BCUT2D eigenvalue weighted by atomic mass is 9.68. The lowest BCUT2D eigenvalue weighted by Crippen LogP contribution is -2.34. The van der Waals surface area contributed by atoms with Gasteiger partial charge in [-0.3, -0.25) is 4.99 Å². The summed E-state index contributed by atoms with van der Waals surface area (Å²) in [5.74, 6) is 0.624. The maximum atomic E-state index is 11.7. The lowest BCUT2D eigenvalue weighted by molar-refractivity contribution is 0.264. The van der Waals surface area contributed by atoms with Crippen LogP contribution >= 0.6 is 45.2 Å². The highest BCUT2D eigenvalue weighted by atomic mass is 127. The van der Waals surface area contributed by atoms with E-state index in [2.05, 4.69) is 127 Å². The summed E-state index contributed by atoms with van der Waals surface area (Å²) in [5.41, 5.74) is 2.17. The van der Waals surface area contributed by atoms with Crippen molar-refractivity contribution < 1.29 is 0 Å². The first kappa shape index (κ1) is 25.9. The van der Waals surface area contributed by atoms with Crippen molar-refractivity contribution in [2.75, 3.05) is 19.6 Å². The van der Waals surface area contributed by atoms with E-state index >= 15 is 0 Å². The minimum atomic E-state index is -0.379. The lowest BCUT2D eigenvalue weighted by Gasteiger charge is -2.37. The van der Waals surface area contributed by atoms with Crippen molar-refractivity contribution in [2.24, 2.45) is 32.8 Å². The van der Waals surface area contributed by atoms with Gasteiger partial charge in [0.05, 0.1) is 6.54 Å². The van der Waals surface area contributed by atoms with E-state index < -0.39 is 0 Å². The van der Waals surface area contributed by atoms with Crippen molar-refractivity contribution >= 4 is 51.4 Å². The zero-order valence-corrected chi connectivity index (χ0v) is 23.3. The van der Waals surface area contributed by atoms with Crippen LogP contribution in [0.5, 0.6) is 0 Å². The summed E-state index contributed by atoms with van der Waals surface area (Å²) in [6, 6.07) is -0.379. The summed E-state index contributed by atoms with van der Waals surface area (Å²) in [5, 5.41) is 7.02. The largest absolute Gasteiger partial charge is 0.314 e. The number of nitroso groups, excluding NO2 is 1. The van der Waals surface area contributed by atoms with Crippen LogP contribution in [-0.4, -0.2) is 31.9 Å². The third kappa shape index (κ3) is 7.65. The Balaban J connectivity index is 1.98. The predicted molar refractivity (Wildman–Crippen MR) is 147 cm³/mol. The Morgan fingerprint density at radius 3 is 2.40 bits per heavy atom. The van der Waals surface area contributed by atoms with Gasteiger partial charge in [0.15, 0.2) is 0 Å². The number of nitrogens with one attached hydrogen (secondary N) is 1. The van der Waals surface area contributed by atoms with Gasteiger partial charge in [-0.1, -0.05) is 64.9 Å². The van der Waals surface area contributed by atoms with Gasteiger partial charge in [-0.25, -0.2) is 0 Å². The van der Waals surface area contributed by atoms with E-state index in [4.69, 9.17) is 0 Å². The first-order valence-corrected chi connectivity index (χ1v) is 12.8. The highest BCUT2D eigenvalue weighted by molar-refractivity contribution is 14.1. The Morgan fingerprint density at radius 1 is 1.13 bits per heavy atom. The van der Waals surface area contributed by atoms with E-state index in [1.807, 2.05) is 6.21 Å². The number of rotatable bonds is 7. The number of aliphatic imine (C=N–C) groups is 1. The van der Waals surface area contributed by atoms with Gasteiger partial charge < -0.3 is 5.32 Å². The Labute approximate surface area is 209 Å². The van der Waals surface area contributed by atoms with Gasteiger partial charge in [-0.15, -0.1) is 0 Å². The minimum Gasteiger partial charge on any atom is -0.314 e. The number of hydrogen-bond donors (Lipinski definition) is 1. The second kappa shape index (κ2) is 11.0. The minimum absolute atomic E-state index is 0.0228. The molecule has 0 saturated carbocycles. The van der Waals surface area contributed by atoms with Crippen molar-refractivity contribution in [3.05, 3.63) is 47.5 Å². The van der Waals surface area contributed by atoms with Crippen LogP contribution < -0.4 is 5.32 Å². The molecule has 0 aromatic rings. The molecule has 1 N–H and O–H groups in total. The number of hydrogen-bond acceptors (Lipinski definition) is 4. The van der Waals surface area contributed by atoms with Crippen LogP contribution in [-0.2, 0) is 0 Å². The van der Waals surface area contributed by atoms with Crippen molar-refractivity contribution in [3.8, 4) is 0 Å². The third-order valence-electron chi connectivity index (χ3n) is 5.55. The Hall–Kier alpha value is -0.350. The van der Waals surface area contributed by atoms with Gasteiger partial charge in [-0.2, -0.15) is 4.91 Å². The van der Waals surface area contributed by atoms with Crippen LogP contribution in [0.25, 0.3) is 0 Å². The molecule has 2 rings (SSSR count). The fraction of sp³-hybridized carbons (Fsp3) is 0.625. The van der Waals surface area contributed by atoms with E-state index in [1.165, 1.54) is 12.7 Å². The fourth-order valence-corrected chi connectivity index (χ4v) is 6.14. The van der Waals surface area contributed by atoms with E-state index in [0.717, 1.165) is 25.1 Å². The highest BCUT2D eigenvalue weighted by Gasteiger charge is 2.37. The zero-order valence-electron chi connectivity index (χ0n) is 19.0. The summed E-state index contributed by atoms with van der Waals surface area (Å²) in [7, 11) is 0. The molecule has 0 radical (unpaired) electrons. The molecule has 0 spiro atoms. The molecule has 0 heterocycles. The smallest absolute Gasteiger partial charge is 0.125 e. The molecule has 0 aromatic carbocycles. The molecule has 0 amide bonds. The topological polar surface area (TPSA) is 53.8 Å². The predicted octanol–water partition coefficient (Wildman–Crippen LogP) is 7.01. The van der Waals surface area contributed by atoms with Gasteiger partial charge in [0.2, 0.25) is 0 Å². The molecule has 4 nitrogen and oxygen atoms in total. The molecule has 0 aromatic heterocycles. The number of halogens is 2. The first-order valence-electron chi connectivity index (χ1n) is 10.6. The average Bonchev–Trinajstić information content (AvgIpc) is 2.61. The second-order valence-corrected chi connectivity index (χ2v) is 12.9. The van der Waals surface area contributed by atoms with Crippen LogP contribution in [0, 0.1) is 27.6 Å². The van der Waals surface area contributed by atoms with Gasteiger partial charge in [-0.05, 0) is 89.2 Å². The summed E-state index contributed by atoms with van der Waals surface area (Å²) in [6.45, 7) is 15.6. The molecule has 30 heavy (non-hydrogen) atoms. The molecule has 3 unspecified atom stereocenters. The Morgan fingerprint density at radius 2 is 1.83 bits per heavy atom. The summed E-state index contributed by atoms with van der Waals surface area (Å²) >= 11 is 4.81. The molecule has 166 valence electrons. The number of allylic oxidation sites excluding steroid dienone is 5. The third-order valence-corrected chi connectivity index (χ3v) is 6.98. The van der Waals surface area contributed by atoms with Gasteiger partial charge >= 0.3 is 0 Å². The van der Waals surface area contributed by atoms with Crippen molar-refractivity contribution in [1.29, 1.82) is 0 Å². The number of nitrogens with zero attached hydrogens (tertiary/aromatic N) is 2. The van der Waals surface area contributed by atoms with Crippen molar-refractivity contribution in [3.63, 3.8) is 0 Å². The quantitative estimate of drug-likeness (QED) is 0.142. The average molecular weight is 635 g/mol. The molecule has 2 aliphatic rings. The van der Waals surface area contributed by atoms with Crippen molar-refractivity contribution in [2.45, 2.75) is 54.0 Å². The standard InChI is InChI=1S/C24H35I2N3O/c1-23(2,3)18-11-17(22(29-30)21(12-18)24(4,5)6)15-28-8-7-27-14-16-9-19(25)13-20(26)10-16/h9,11-13,15-16,21-22,27H,7-8,10,14H2,1-6H3. The monoisotopic (exact) mass is 635 g/mol. The maximum absolute atomic E-state index is 11.7. The van der Waals surface area contributed by atoms with Crippen LogP contribution in [0.3, 0.4) is 0 Å². The Kier molecular flexibility index (Phi) is 9.49. The molecule has 6 heteroatoms. The molecule has 2 aliphatic carbocycles.